The van der Waals surface area contributed by atoms with Crippen LogP contribution in [0.1, 0.15) is 46.9 Å². The Balaban J connectivity index is 1.56. The van der Waals surface area contributed by atoms with Crippen molar-refractivity contribution < 1.29 is 19.2 Å². The first-order chi connectivity index (χ1) is 16.2. The molecule has 2 aromatic carbocycles. The molecule has 3 aliphatic rings. The van der Waals surface area contributed by atoms with Gasteiger partial charge >= 0.3 is 0 Å². The van der Waals surface area contributed by atoms with Gasteiger partial charge in [-0.1, -0.05) is 34.8 Å². The molecule has 1 heterocycles. The second-order valence-corrected chi connectivity index (χ2v) is 10.5. The molecule has 0 N–H and O–H groups in total. The minimum Gasteiger partial charge on any atom is -0.292 e. The molecule has 2 aromatic rings. The molecule has 0 radical (unpaired) electrons. The van der Waals surface area contributed by atoms with Crippen molar-refractivity contribution in [3.05, 3.63) is 68.7 Å². The summed E-state index contributed by atoms with van der Waals surface area (Å²) in [5, 5.41) is 2.74. The predicted octanol–water partition coefficient (Wildman–Crippen LogP) is 5.31. The average Bonchev–Trinajstić information content (AvgIpc) is 3.49. The molecule has 5 atom stereocenters. The van der Waals surface area contributed by atoms with Crippen LogP contribution in [0, 0.1) is 23.7 Å². The lowest BCUT2D eigenvalue weighted by molar-refractivity contribution is -0.157. The Morgan fingerprint density at radius 1 is 0.912 bits per heavy atom. The Hall–Kier alpha value is -2.41. The van der Waals surface area contributed by atoms with E-state index in [1.54, 1.807) is 24.3 Å². The number of carbonyl (C=O) groups excluding carboxylic acids is 4. The monoisotopic (exact) mass is 518 g/mol. The van der Waals surface area contributed by atoms with Crippen LogP contribution in [0.2, 0.25) is 15.1 Å². The Morgan fingerprint density at radius 2 is 1.47 bits per heavy atom. The van der Waals surface area contributed by atoms with Crippen molar-refractivity contribution in [2.75, 3.05) is 0 Å². The Bertz CT molecular complexity index is 1190. The molecule has 34 heavy (non-hydrogen) atoms. The van der Waals surface area contributed by atoms with E-state index in [1.807, 2.05) is 0 Å². The number of hydrazine groups is 1. The van der Waals surface area contributed by atoms with Crippen LogP contribution in [-0.4, -0.2) is 39.6 Å². The van der Waals surface area contributed by atoms with Crippen molar-refractivity contribution in [2.45, 2.75) is 32.2 Å². The summed E-state index contributed by atoms with van der Waals surface area (Å²) in [6.07, 6.45) is 2.65. The van der Waals surface area contributed by atoms with Gasteiger partial charge in [0.2, 0.25) is 0 Å². The van der Waals surface area contributed by atoms with E-state index < -0.39 is 41.4 Å². The van der Waals surface area contributed by atoms with Crippen molar-refractivity contribution in [3.63, 3.8) is 0 Å². The van der Waals surface area contributed by atoms with Gasteiger partial charge < -0.3 is 0 Å². The van der Waals surface area contributed by atoms with E-state index in [0.29, 0.717) is 15.6 Å². The van der Waals surface area contributed by atoms with Crippen LogP contribution in [0.25, 0.3) is 0 Å². The molecule has 0 aromatic heterocycles. The van der Waals surface area contributed by atoms with Gasteiger partial charge in [-0.25, -0.2) is 5.01 Å². The van der Waals surface area contributed by atoms with Crippen molar-refractivity contribution in [1.82, 2.24) is 10.0 Å². The van der Waals surface area contributed by atoms with Crippen LogP contribution in [0.4, 0.5) is 0 Å². The van der Waals surface area contributed by atoms with E-state index >= 15 is 0 Å². The van der Waals surface area contributed by atoms with Crippen LogP contribution in [-0.2, 0) is 9.59 Å². The number of halogens is 3. The Morgan fingerprint density at radius 3 is 2.03 bits per heavy atom. The van der Waals surface area contributed by atoms with E-state index in [9.17, 15) is 19.2 Å². The van der Waals surface area contributed by atoms with Gasteiger partial charge in [-0.3, -0.25) is 19.2 Å². The van der Waals surface area contributed by atoms with E-state index in [-0.39, 0.29) is 22.4 Å². The number of rotatable bonds is 5. The van der Waals surface area contributed by atoms with Gasteiger partial charge in [0.25, 0.3) is 17.7 Å². The molecule has 3 fully saturated rings. The number of Topliss-reactive ketones (excluding diaryl/α,β-unsaturated/α-hetero) is 1. The number of nitrogens with zero attached hydrogens (tertiary/aromatic N) is 2. The van der Waals surface area contributed by atoms with Crippen molar-refractivity contribution in [3.8, 4) is 0 Å². The molecular formula is C25H21Cl3N2O4. The smallest absolute Gasteiger partial charge is 0.275 e. The zero-order valence-corrected chi connectivity index (χ0v) is 20.5. The van der Waals surface area contributed by atoms with Gasteiger partial charge in [-0.15, -0.1) is 0 Å². The van der Waals surface area contributed by atoms with Gasteiger partial charge in [0, 0.05) is 15.6 Å². The third-order valence-corrected chi connectivity index (χ3v) is 8.16. The third kappa shape index (κ3) is 3.63. The highest BCUT2D eigenvalue weighted by molar-refractivity contribution is 6.37. The van der Waals surface area contributed by atoms with Crippen LogP contribution < -0.4 is 0 Å². The van der Waals surface area contributed by atoms with Crippen LogP contribution in [0.15, 0.2) is 42.5 Å². The number of hydrogen-bond donors (Lipinski definition) is 0. The summed E-state index contributed by atoms with van der Waals surface area (Å²) in [6, 6.07) is 9.40. The van der Waals surface area contributed by atoms with Crippen molar-refractivity contribution in [1.29, 1.82) is 0 Å². The normalized spacial score (nSPS) is 26.1. The Kier molecular flexibility index (Phi) is 5.95. The van der Waals surface area contributed by atoms with E-state index in [1.165, 1.54) is 25.1 Å². The van der Waals surface area contributed by atoms with Gasteiger partial charge in [-0.2, -0.15) is 5.01 Å². The number of benzene rings is 2. The van der Waals surface area contributed by atoms with E-state index in [4.69, 9.17) is 34.8 Å². The second-order valence-electron chi connectivity index (χ2n) is 9.19. The summed E-state index contributed by atoms with van der Waals surface area (Å²) in [6.45, 7) is 1.50. The number of ketones is 1. The molecule has 3 amide bonds. The quantitative estimate of drug-likeness (QED) is 0.396. The first-order valence-corrected chi connectivity index (χ1v) is 12.3. The maximum Gasteiger partial charge on any atom is 0.275 e. The standard InChI is InChI=1S/C25H21Cl3N2O4/c1-12(22(31)13-4-6-16(26)7-5-13)29(23(32)18-9-8-17(27)11-19(18)28)30-24(33)20-14-2-3-15(10-14)21(20)25(30)34/h4-9,11-12,14-15,20-21H,2-3,10H2,1H3/t12-,14-,15-,20-,21+/m0/s1. The molecule has 1 saturated heterocycles. The number of amides is 3. The molecule has 6 nitrogen and oxygen atoms in total. The maximum atomic E-state index is 13.8. The van der Waals surface area contributed by atoms with Crippen LogP contribution in [0.3, 0.4) is 0 Å². The molecule has 1 aliphatic heterocycles. The molecule has 0 unspecified atom stereocenters. The number of imide groups is 1. The molecule has 0 spiro atoms. The summed E-state index contributed by atoms with van der Waals surface area (Å²) < 4.78 is 0. The zero-order chi connectivity index (χ0) is 24.3. The van der Waals surface area contributed by atoms with E-state index in [2.05, 4.69) is 0 Å². The molecule has 2 bridgehead atoms. The minimum atomic E-state index is -1.15. The van der Waals surface area contributed by atoms with Crippen molar-refractivity contribution >= 4 is 58.3 Å². The van der Waals surface area contributed by atoms with Gasteiger partial charge in [0.15, 0.2) is 5.78 Å². The van der Waals surface area contributed by atoms with Crippen LogP contribution >= 0.6 is 34.8 Å². The Labute approximate surface area is 211 Å². The molecule has 5 rings (SSSR count). The molecular weight excluding hydrogens is 499 g/mol. The molecule has 176 valence electrons. The van der Waals surface area contributed by atoms with Crippen LogP contribution in [0.5, 0.6) is 0 Å². The number of carbonyl (C=O) groups is 4. The lowest BCUT2D eigenvalue weighted by Gasteiger charge is -2.35. The third-order valence-electron chi connectivity index (χ3n) is 7.36. The first-order valence-electron chi connectivity index (χ1n) is 11.1. The fraction of sp³-hybridized carbons (Fsp3) is 0.360. The van der Waals surface area contributed by atoms with Crippen molar-refractivity contribution in [2.24, 2.45) is 23.7 Å². The highest BCUT2D eigenvalue weighted by Gasteiger charge is 2.63. The molecule has 2 saturated carbocycles. The second kappa shape index (κ2) is 8.67. The number of hydrogen-bond acceptors (Lipinski definition) is 4. The van der Waals surface area contributed by atoms with E-state index in [0.717, 1.165) is 29.3 Å². The fourth-order valence-corrected chi connectivity index (χ4v) is 6.41. The SMILES string of the molecule is C[C@@H](C(=O)c1ccc(Cl)cc1)N(C(=O)c1ccc(Cl)cc1Cl)N1C(=O)[C@@H]2[C@H]3CC[C@@H](C3)[C@@H]2C1=O. The van der Waals surface area contributed by atoms with Gasteiger partial charge in [0.05, 0.1) is 22.4 Å². The fourth-order valence-electron chi connectivity index (χ4n) is 5.80. The largest absolute Gasteiger partial charge is 0.292 e. The summed E-state index contributed by atoms with van der Waals surface area (Å²) in [5.74, 6) is -2.61. The maximum absolute atomic E-state index is 13.8. The molecule has 2 aliphatic carbocycles. The van der Waals surface area contributed by atoms with Gasteiger partial charge in [0.1, 0.15) is 6.04 Å². The highest BCUT2D eigenvalue weighted by atomic mass is 35.5. The summed E-state index contributed by atoms with van der Waals surface area (Å²) in [4.78, 5) is 54.2. The lowest BCUT2D eigenvalue weighted by Crippen LogP contribution is -2.57. The highest BCUT2D eigenvalue weighted by Crippen LogP contribution is 2.56. The summed E-state index contributed by atoms with van der Waals surface area (Å²) in [5.41, 5.74) is 0.346. The topological polar surface area (TPSA) is 74.8 Å². The number of fused-ring (bicyclic) bond motifs is 5. The lowest BCUT2D eigenvalue weighted by atomic mass is 9.81. The zero-order valence-electron chi connectivity index (χ0n) is 18.2. The van der Waals surface area contributed by atoms with Gasteiger partial charge in [-0.05, 0) is 80.5 Å². The molecule has 9 heteroatoms. The minimum absolute atomic E-state index is 0.0439. The summed E-state index contributed by atoms with van der Waals surface area (Å²) in [7, 11) is 0. The predicted molar refractivity (Wildman–Crippen MR) is 128 cm³/mol. The first kappa shape index (κ1) is 23.3. The average molecular weight is 520 g/mol. The summed E-state index contributed by atoms with van der Waals surface area (Å²) >= 11 is 18.2.